The zero-order chi connectivity index (χ0) is 17.8. The highest BCUT2D eigenvalue weighted by Gasteiger charge is 2.28. The second-order valence-electron chi connectivity index (χ2n) is 7.52. The van der Waals surface area contributed by atoms with Crippen molar-refractivity contribution in [2.24, 2.45) is 0 Å². The molecular formula is C20H31N3O2. The van der Waals surface area contributed by atoms with Gasteiger partial charge in [-0.15, -0.1) is 0 Å². The average molecular weight is 345 g/mol. The summed E-state index contributed by atoms with van der Waals surface area (Å²) in [6.45, 7) is 6.54. The SMILES string of the molecule is CCc1ccc(O)c(C(=O)NC2CCN(C3CCN(C)CC3)CC2)c1. The molecule has 1 aromatic rings. The van der Waals surface area contributed by atoms with Crippen molar-refractivity contribution in [1.29, 1.82) is 0 Å². The summed E-state index contributed by atoms with van der Waals surface area (Å²) in [5.74, 6) is -0.0796. The van der Waals surface area contributed by atoms with Gasteiger partial charge in [0, 0.05) is 25.2 Å². The summed E-state index contributed by atoms with van der Waals surface area (Å²) < 4.78 is 0. The summed E-state index contributed by atoms with van der Waals surface area (Å²) in [5, 5.41) is 13.1. The third kappa shape index (κ3) is 4.53. The van der Waals surface area contributed by atoms with E-state index in [1.165, 1.54) is 25.9 Å². The minimum Gasteiger partial charge on any atom is -0.507 e. The van der Waals surface area contributed by atoms with Crippen molar-refractivity contribution in [3.63, 3.8) is 0 Å². The summed E-state index contributed by atoms with van der Waals surface area (Å²) in [7, 11) is 2.20. The van der Waals surface area contributed by atoms with Gasteiger partial charge in [0.2, 0.25) is 0 Å². The molecule has 2 aliphatic heterocycles. The number of amides is 1. The van der Waals surface area contributed by atoms with E-state index < -0.39 is 0 Å². The van der Waals surface area contributed by atoms with Crippen molar-refractivity contribution in [1.82, 2.24) is 15.1 Å². The minimum atomic E-state index is -0.148. The summed E-state index contributed by atoms with van der Waals surface area (Å²) >= 11 is 0. The predicted octanol–water partition coefficient (Wildman–Crippen LogP) is 2.24. The van der Waals surface area contributed by atoms with E-state index >= 15 is 0 Å². The molecule has 138 valence electrons. The first-order valence-corrected chi connectivity index (χ1v) is 9.62. The Hall–Kier alpha value is -1.59. The molecule has 2 saturated heterocycles. The Balaban J connectivity index is 1.51. The van der Waals surface area contributed by atoms with Gasteiger partial charge in [-0.2, -0.15) is 0 Å². The Kier molecular flexibility index (Phi) is 5.97. The number of carbonyl (C=O) groups is 1. The van der Waals surface area contributed by atoms with Crippen molar-refractivity contribution in [2.75, 3.05) is 33.2 Å². The van der Waals surface area contributed by atoms with Gasteiger partial charge in [-0.1, -0.05) is 13.0 Å². The first-order chi connectivity index (χ1) is 12.1. The minimum absolute atomic E-state index is 0.0680. The van der Waals surface area contributed by atoms with Crippen molar-refractivity contribution in [2.45, 2.75) is 51.1 Å². The lowest BCUT2D eigenvalue weighted by Gasteiger charge is -2.41. The van der Waals surface area contributed by atoms with Gasteiger partial charge in [0.05, 0.1) is 5.56 Å². The zero-order valence-electron chi connectivity index (χ0n) is 15.5. The van der Waals surface area contributed by atoms with E-state index in [4.69, 9.17) is 0 Å². The monoisotopic (exact) mass is 345 g/mol. The van der Waals surface area contributed by atoms with E-state index in [-0.39, 0.29) is 17.7 Å². The first-order valence-electron chi connectivity index (χ1n) is 9.62. The lowest BCUT2D eigenvalue weighted by Crippen LogP contribution is -2.50. The smallest absolute Gasteiger partial charge is 0.255 e. The maximum atomic E-state index is 12.5. The van der Waals surface area contributed by atoms with Crippen LogP contribution in [0.4, 0.5) is 0 Å². The molecule has 1 aromatic carbocycles. The van der Waals surface area contributed by atoms with Crippen LogP contribution in [0.15, 0.2) is 18.2 Å². The highest BCUT2D eigenvalue weighted by atomic mass is 16.3. The molecule has 0 saturated carbocycles. The maximum absolute atomic E-state index is 12.5. The quantitative estimate of drug-likeness (QED) is 0.879. The molecule has 3 rings (SSSR count). The number of hydrogen-bond donors (Lipinski definition) is 2. The molecule has 2 heterocycles. The number of aryl methyl sites for hydroxylation is 1. The van der Waals surface area contributed by atoms with Crippen LogP contribution in [-0.4, -0.2) is 66.1 Å². The number of hydrogen-bond acceptors (Lipinski definition) is 4. The molecule has 0 radical (unpaired) electrons. The fourth-order valence-corrected chi connectivity index (χ4v) is 4.02. The number of nitrogens with zero attached hydrogens (tertiary/aromatic N) is 2. The van der Waals surface area contributed by atoms with Gasteiger partial charge in [0.25, 0.3) is 5.91 Å². The Bertz CT molecular complexity index is 589. The number of aromatic hydroxyl groups is 1. The first kappa shape index (κ1) is 18.2. The number of rotatable bonds is 4. The Morgan fingerprint density at radius 3 is 2.48 bits per heavy atom. The number of piperidine rings is 2. The molecule has 5 heteroatoms. The van der Waals surface area contributed by atoms with Crippen LogP contribution in [0.25, 0.3) is 0 Å². The molecule has 25 heavy (non-hydrogen) atoms. The van der Waals surface area contributed by atoms with Crippen molar-refractivity contribution < 1.29 is 9.90 Å². The lowest BCUT2D eigenvalue weighted by molar-refractivity contribution is 0.0805. The molecule has 5 nitrogen and oxygen atoms in total. The van der Waals surface area contributed by atoms with Crippen LogP contribution in [-0.2, 0) is 6.42 Å². The fraction of sp³-hybridized carbons (Fsp3) is 0.650. The molecule has 0 unspecified atom stereocenters. The second kappa shape index (κ2) is 8.19. The standard InChI is InChI=1S/C20H31N3O2/c1-3-15-4-5-19(24)18(14-15)20(25)21-16-6-12-23(13-7-16)17-8-10-22(2)11-9-17/h4-5,14,16-17,24H,3,6-13H2,1-2H3,(H,21,25). The van der Waals surface area contributed by atoms with E-state index in [1.54, 1.807) is 12.1 Å². The van der Waals surface area contributed by atoms with E-state index in [1.807, 2.05) is 13.0 Å². The van der Waals surface area contributed by atoms with E-state index in [0.29, 0.717) is 11.6 Å². The zero-order valence-corrected chi connectivity index (χ0v) is 15.5. The number of benzene rings is 1. The summed E-state index contributed by atoms with van der Waals surface area (Å²) in [6.07, 6.45) is 5.35. The van der Waals surface area contributed by atoms with Crippen LogP contribution in [0, 0.1) is 0 Å². The van der Waals surface area contributed by atoms with Crippen LogP contribution in [0.5, 0.6) is 5.75 Å². The molecule has 0 bridgehead atoms. The van der Waals surface area contributed by atoms with Gasteiger partial charge in [-0.3, -0.25) is 4.79 Å². The predicted molar refractivity (Wildman–Crippen MR) is 100 cm³/mol. The van der Waals surface area contributed by atoms with Crippen LogP contribution in [0.2, 0.25) is 0 Å². The third-order valence-electron chi connectivity index (χ3n) is 5.78. The Morgan fingerprint density at radius 2 is 1.84 bits per heavy atom. The molecule has 0 aliphatic carbocycles. The van der Waals surface area contributed by atoms with Crippen LogP contribution in [0.1, 0.15) is 48.5 Å². The van der Waals surface area contributed by atoms with E-state index in [2.05, 4.69) is 22.2 Å². The number of phenolic OH excluding ortho intramolecular Hbond substituents is 1. The van der Waals surface area contributed by atoms with Crippen LogP contribution >= 0.6 is 0 Å². The van der Waals surface area contributed by atoms with Crippen molar-refractivity contribution >= 4 is 5.91 Å². The van der Waals surface area contributed by atoms with Gasteiger partial charge < -0.3 is 20.2 Å². The Labute approximate surface area is 151 Å². The van der Waals surface area contributed by atoms with Gasteiger partial charge in [0.1, 0.15) is 5.75 Å². The highest BCUT2D eigenvalue weighted by molar-refractivity contribution is 5.97. The van der Waals surface area contributed by atoms with Crippen molar-refractivity contribution in [3.05, 3.63) is 29.3 Å². The fourth-order valence-electron chi connectivity index (χ4n) is 4.02. The number of nitrogens with one attached hydrogen (secondary N) is 1. The molecule has 2 N–H and O–H groups in total. The van der Waals surface area contributed by atoms with E-state index in [0.717, 1.165) is 37.9 Å². The summed E-state index contributed by atoms with van der Waals surface area (Å²) in [5.41, 5.74) is 1.47. The van der Waals surface area contributed by atoms with Crippen molar-refractivity contribution in [3.8, 4) is 5.75 Å². The molecule has 0 atom stereocenters. The topological polar surface area (TPSA) is 55.8 Å². The maximum Gasteiger partial charge on any atom is 0.255 e. The molecule has 2 aliphatic rings. The molecule has 2 fully saturated rings. The van der Waals surface area contributed by atoms with Crippen LogP contribution in [0.3, 0.4) is 0 Å². The highest BCUT2D eigenvalue weighted by Crippen LogP contribution is 2.22. The van der Waals surface area contributed by atoms with Gasteiger partial charge in [-0.05, 0) is 69.9 Å². The third-order valence-corrected chi connectivity index (χ3v) is 5.78. The number of likely N-dealkylation sites (tertiary alicyclic amines) is 2. The number of phenols is 1. The summed E-state index contributed by atoms with van der Waals surface area (Å²) in [4.78, 5) is 17.5. The average Bonchev–Trinajstić information content (AvgIpc) is 2.63. The Morgan fingerprint density at radius 1 is 1.16 bits per heavy atom. The van der Waals surface area contributed by atoms with Gasteiger partial charge >= 0.3 is 0 Å². The van der Waals surface area contributed by atoms with Gasteiger partial charge in [-0.25, -0.2) is 0 Å². The van der Waals surface area contributed by atoms with E-state index in [9.17, 15) is 9.90 Å². The number of carbonyl (C=O) groups excluding carboxylic acids is 1. The molecular weight excluding hydrogens is 314 g/mol. The molecule has 1 amide bonds. The molecule has 0 aromatic heterocycles. The second-order valence-corrected chi connectivity index (χ2v) is 7.52. The lowest BCUT2D eigenvalue weighted by atomic mass is 9.97. The normalized spacial score (nSPS) is 21.4. The summed E-state index contributed by atoms with van der Waals surface area (Å²) in [6, 6.07) is 6.21. The molecule has 0 spiro atoms. The van der Waals surface area contributed by atoms with Crippen LogP contribution < -0.4 is 5.32 Å². The van der Waals surface area contributed by atoms with Gasteiger partial charge in [0.15, 0.2) is 0 Å². The largest absolute Gasteiger partial charge is 0.507 e.